The lowest BCUT2D eigenvalue weighted by atomic mass is 10.1. The fourth-order valence-corrected chi connectivity index (χ4v) is 2.25. The molecule has 0 aliphatic carbocycles. The molecule has 1 fully saturated rings. The second-order valence-electron chi connectivity index (χ2n) is 4.88. The van der Waals surface area contributed by atoms with E-state index in [1.165, 1.54) is 4.90 Å². The van der Waals surface area contributed by atoms with E-state index in [2.05, 4.69) is 5.32 Å². The molecule has 9 heteroatoms. The van der Waals surface area contributed by atoms with Crippen molar-refractivity contribution >= 4 is 23.9 Å². The summed E-state index contributed by atoms with van der Waals surface area (Å²) in [4.78, 5) is 45.9. The monoisotopic (exact) mass is 301 g/mol. The number of carboxylic acid groups (broad SMARTS) is 2. The van der Waals surface area contributed by atoms with Crippen molar-refractivity contribution in [2.75, 3.05) is 6.54 Å². The van der Waals surface area contributed by atoms with Crippen LogP contribution in [0.4, 0.5) is 4.79 Å². The molecule has 5 N–H and O–H groups in total. The molecule has 1 unspecified atom stereocenters. The van der Waals surface area contributed by atoms with Crippen molar-refractivity contribution in [1.82, 2.24) is 10.2 Å². The van der Waals surface area contributed by atoms with Crippen molar-refractivity contribution in [1.29, 1.82) is 0 Å². The van der Waals surface area contributed by atoms with Crippen LogP contribution in [0.3, 0.4) is 0 Å². The second kappa shape index (κ2) is 7.46. The second-order valence-corrected chi connectivity index (χ2v) is 4.88. The number of rotatable bonds is 7. The van der Waals surface area contributed by atoms with E-state index in [0.717, 1.165) is 0 Å². The smallest absolute Gasteiger partial charge is 0.326 e. The Balaban J connectivity index is 2.57. The molecule has 0 radical (unpaired) electrons. The number of carbonyl (C=O) groups is 4. The molecule has 0 saturated carbocycles. The minimum absolute atomic E-state index is 0.00243. The number of carboxylic acids is 2. The predicted molar refractivity (Wildman–Crippen MR) is 70.4 cm³/mol. The number of nitrogens with zero attached hydrogens (tertiary/aromatic N) is 1. The number of urea groups is 1. The van der Waals surface area contributed by atoms with Crippen molar-refractivity contribution in [3.05, 3.63) is 0 Å². The maximum absolute atomic E-state index is 12.0. The van der Waals surface area contributed by atoms with Gasteiger partial charge in [0.15, 0.2) is 0 Å². The van der Waals surface area contributed by atoms with E-state index in [1.54, 1.807) is 0 Å². The summed E-state index contributed by atoms with van der Waals surface area (Å²) in [6.45, 7) is 0.334. The molecule has 1 aliphatic heterocycles. The molecule has 0 bridgehead atoms. The quantitative estimate of drug-likeness (QED) is 0.491. The highest BCUT2D eigenvalue weighted by Gasteiger charge is 2.34. The Morgan fingerprint density at radius 3 is 2.48 bits per heavy atom. The molecular weight excluding hydrogens is 282 g/mol. The van der Waals surface area contributed by atoms with E-state index in [0.29, 0.717) is 19.4 Å². The van der Waals surface area contributed by atoms with Crippen LogP contribution in [0.5, 0.6) is 0 Å². The molecule has 1 rings (SSSR count). The summed E-state index contributed by atoms with van der Waals surface area (Å²) in [5.74, 6) is -2.90. The normalized spacial score (nSPS) is 19.0. The highest BCUT2D eigenvalue weighted by Crippen LogP contribution is 2.17. The third kappa shape index (κ3) is 4.93. The minimum Gasteiger partial charge on any atom is -0.481 e. The standard InChI is InChI=1S/C12H19N3O6/c13-10(18)8-4-2-6-15(8)12(21)14-7(11(19)20)3-1-5-9(16)17/h7-8H,1-6H2,(H2,13,18)(H,14,21)(H,16,17)(H,19,20)/t7-,8?/m1/s1. The van der Waals surface area contributed by atoms with Gasteiger partial charge in [0.05, 0.1) is 0 Å². The van der Waals surface area contributed by atoms with Crippen LogP contribution >= 0.6 is 0 Å². The molecule has 0 aromatic heterocycles. The van der Waals surface area contributed by atoms with Crippen LogP contribution in [-0.2, 0) is 14.4 Å². The average Bonchev–Trinajstić information content (AvgIpc) is 2.86. The number of carbonyl (C=O) groups excluding carboxylic acids is 2. The Morgan fingerprint density at radius 1 is 1.29 bits per heavy atom. The first-order valence-corrected chi connectivity index (χ1v) is 6.64. The molecule has 118 valence electrons. The number of nitrogens with one attached hydrogen (secondary N) is 1. The van der Waals surface area contributed by atoms with Gasteiger partial charge in [0.2, 0.25) is 5.91 Å². The number of primary amides is 1. The van der Waals surface area contributed by atoms with Gasteiger partial charge < -0.3 is 26.2 Å². The SMILES string of the molecule is NC(=O)C1CCCN1C(=O)N[C@H](CCCC(=O)O)C(=O)O. The summed E-state index contributed by atoms with van der Waals surface area (Å²) in [7, 11) is 0. The molecule has 1 saturated heterocycles. The summed E-state index contributed by atoms with van der Waals surface area (Å²) in [5.41, 5.74) is 5.19. The van der Waals surface area contributed by atoms with Crippen LogP contribution in [-0.4, -0.2) is 57.6 Å². The molecule has 3 amide bonds. The highest BCUT2D eigenvalue weighted by molar-refractivity contribution is 5.88. The summed E-state index contributed by atoms with van der Waals surface area (Å²) < 4.78 is 0. The summed E-state index contributed by atoms with van der Waals surface area (Å²) in [6.07, 6.45) is 1.04. The Kier molecular flexibility index (Phi) is 5.94. The summed E-state index contributed by atoms with van der Waals surface area (Å²) in [5, 5.41) is 19.9. The molecule has 0 spiro atoms. The zero-order chi connectivity index (χ0) is 16.0. The first kappa shape index (κ1) is 16.7. The van der Waals surface area contributed by atoms with Gasteiger partial charge in [-0.1, -0.05) is 0 Å². The molecule has 0 aromatic carbocycles. The minimum atomic E-state index is -1.25. The lowest BCUT2D eigenvalue weighted by molar-refractivity contribution is -0.140. The fourth-order valence-electron chi connectivity index (χ4n) is 2.25. The Hall–Kier alpha value is -2.32. The molecule has 9 nitrogen and oxygen atoms in total. The van der Waals surface area contributed by atoms with Crippen LogP contribution < -0.4 is 11.1 Å². The molecule has 2 atom stereocenters. The Labute approximate surface area is 121 Å². The van der Waals surface area contributed by atoms with E-state index in [9.17, 15) is 19.2 Å². The van der Waals surface area contributed by atoms with Crippen molar-refractivity contribution in [2.45, 2.75) is 44.2 Å². The molecule has 21 heavy (non-hydrogen) atoms. The van der Waals surface area contributed by atoms with Crippen LogP contribution in [0, 0.1) is 0 Å². The number of likely N-dealkylation sites (tertiary alicyclic amines) is 1. The van der Waals surface area contributed by atoms with Gasteiger partial charge >= 0.3 is 18.0 Å². The maximum Gasteiger partial charge on any atom is 0.326 e. The summed E-state index contributed by atoms with van der Waals surface area (Å²) in [6, 6.07) is -2.58. The number of hydrogen-bond donors (Lipinski definition) is 4. The lowest BCUT2D eigenvalue weighted by Crippen LogP contribution is -2.52. The number of nitrogens with two attached hydrogens (primary N) is 1. The molecule has 1 aliphatic rings. The van der Waals surface area contributed by atoms with Crippen LogP contribution in [0.25, 0.3) is 0 Å². The van der Waals surface area contributed by atoms with Gasteiger partial charge in [0.25, 0.3) is 0 Å². The van der Waals surface area contributed by atoms with Crippen LogP contribution in [0.1, 0.15) is 32.1 Å². The largest absolute Gasteiger partial charge is 0.481 e. The fraction of sp³-hybridized carbons (Fsp3) is 0.667. The van der Waals surface area contributed by atoms with Crippen molar-refractivity contribution in [3.63, 3.8) is 0 Å². The van der Waals surface area contributed by atoms with E-state index in [1.807, 2.05) is 0 Å². The molecule has 1 heterocycles. The lowest BCUT2D eigenvalue weighted by Gasteiger charge is -2.24. The van der Waals surface area contributed by atoms with Gasteiger partial charge in [-0.25, -0.2) is 9.59 Å². The predicted octanol–water partition coefficient (Wildman–Crippen LogP) is -0.646. The first-order chi connectivity index (χ1) is 9.82. The number of amides is 3. The van der Waals surface area contributed by atoms with Gasteiger partial charge in [-0.15, -0.1) is 0 Å². The van der Waals surface area contributed by atoms with Gasteiger partial charge in [0, 0.05) is 13.0 Å². The van der Waals surface area contributed by atoms with E-state index >= 15 is 0 Å². The molecule has 0 aromatic rings. The summed E-state index contributed by atoms with van der Waals surface area (Å²) >= 11 is 0. The van der Waals surface area contributed by atoms with Gasteiger partial charge in [-0.3, -0.25) is 9.59 Å². The topological polar surface area (TPSA) is 150 Å². The average molecular weight is 301 g/mol. The molecular formula is C12H19N3O6. The Bertz CT molecular complexity index is 439. The van der Waals surface area contributed by atoms with Gasteiger partial charge in [0.1, 0.15) is 12.1 Å². The first-order valence-electron chi connectivity index (χ1n) is 6.64. The van der Waals surface area contributed by atoms with Crippen LogP contribution in [0.2, 0.25) is 0 Å². The van der Waals surface area contributed by atoms with Gasteiger partial charge in [-0.05, 0) is 25.7 Å². The highest BCUT2D eigenvalue weighted by atomic mass is 16.4. The van der Waals surface area contributed by atoms with Crippen molar-refractivity contribution in [2.24, 2.45) is 5.73 Å². The maximum atomic E-state index is 12.0. The van der Waals surface area contributed by atoms with E-state index in [-0.39, 0.29) is 19.3 Å². The third-order valence-electron chi connectivity index (χ3n) is 3.32. The third-order valence-corrected chi connectivity index (χ3v) is 3.32. The van der Waals surface area contributed by atoms with Gasteiger partial charge in [-0.2, -0.15) is 0 Å². The van der Waals surface area contributed by atoms with E-state index in [4.69, 9.17) is 15.9 Å². The zero-order valence-electron chi connectivity index (χ0n) is 11.4. The number of hydrogen-bond acceptors (Lipinski definition) is 4. The number of aliphatic carboxylic acids is 2. The van der Waals surface area contributed by atoms with Crippen molar-refractivity contribution < 1.29 is 29.4 Å². The van der Waals surface area contributed by atoms with Crippen LogP contribution in [0.15, 0.2) is 0 Å². The van der Waals surface area contributed by atoms with E-state index < -0.39 is 36.0 Å². The van der Waals surface area contributed by atoms with Crippen molar-refractivity contribution in [3.8, 4) is 0 Å². The Morgan fingerprint density at radius 2 is 1.95 bits per heavy atom. The zero-order valence-corrected chi connectivity index (χ0v) is 11.4.